The van der Waals surface area contributed by atoms with Gasteiger partial charge in [-0.1, -0.05) is 171 Å². The summed E-state index contributed by atoms with van der Waals surface area (Å²) >= 11 is 6.11. The molecule has 0 aliphatic carbocycles. The standard InChI is InChI=1S/C26H39N4O7PS.C24H33F3N3O4P.C24H33N4O4P.C23H33ClN3O4P/c1-9-37-38(34)21-15-18(30(17(4)31)39(8,35)36)10-11-19(21)27-24(28-38)22-23(32)20(14-16(2)3)29(25(22)33)13-12-26(5,6)7;1-8-34-35(33)16-13-14(24(25,26)27)9-10-15(16)28-20(29-35)17-18(31)19(23(5,6)7)30(21(17)32)12-11-22(2,3)4;1-8-32-33(31)17-13-15(14-25)9-10-16(17)26-21(27-33)18-19(29)20(24(5,6)7)28(22(18)30)12-11-23(2,3)4;1-8-31-32(30)16-13-14(24)9-10-15(16)25-20(26-32)17-18(28)19(23(5,6)7)27(21(17)29)12-11-22(2,3)4/h10-11,15-16,20,32H,9,12-14H2,1-8H3,(H,27,28,34);9-10,13,19,31H,8,11-12H2,1-7H3,(H,28,29,33);9-10,13,20,29H,8,11-12H2,1-7H3,(H,26,27,31);9-10,13,19,28H,8,11-12H2,1-7H3,(H,25,26,30). The molecule has 5 amide bonds. The van der Waals surface area contributed by atoms with Gasteiger partial charge in [0.1, 0.15) is 45.3 Å². The van der Waals surface area contributed by atoms with Gasteiger partial charge in [-0.3, -0.25) is 42.2 Å². The number of nitrogens with one attached hydrogen (secondary N) is 4. The normalized spacial score (nSPS) is 23.0. The summed E-state index contributed by atoms with van der Waals surface area (Å²) in [7, 11) is -19.6. The second-order valence-electron chi connectivity index (χ2n) is 43.8. The van der Waals surface area contributed by atoms with Crippen molar-refractivity contribution in [2.75, 3.05) is 84.4 Å². The number of sulfonamides is 1. The van der Waals surface area contributed by atoms with E-state index in [0.717, 1.165) is 44.2 Å². The number of alkyl halides is 3. The SMILES string of the molecule is CCOP1(=O)N=C(C2=C(O)C(C(C)(C)C)N(CCC(C)(C)C)C2=O)Nc2ccc(C#N)cc21.CCOP1(=O)N=C(C2=C(O)C(C(C)(C)C)N(CCC(C)(C)C)C2=O)Nc2ccc(C(F)(F)F)cc21.CCOP1(=O)N=C(C2=C(O)C(C(C)(C)C)N(CCC(C)(C)C)C2=O)Nc2ccc(Cl)cc21.CCOP1(=O)N=C(C2=C(O)C(CC(C)C)N(CCC(C)(C)C)C2=O)Nc2ccc(N(C(C)=O)S(C)(=O)=O)cc21. The van der Waals surface area contributed by atoms with Gasteiger partial charge in [0.05, 0.1) is 124 Å². The third-order valence-electron chi connectivity index (χ3n) is 23.5. The summed E-state index contributed by atoms with van der Waals surface area (Å²) in [6.45, 7) is 56.2. The molecular formula is C97H138ClF3N14O19P4S. The number of carbonyl (C=O) groups excluding carboxylic acids is 5. The number of hydrogen-bond donors (Lipinski definition) is 8. The predicted octanol–water partition coefficient (Wildman–Crippen LogP) is 20.3. The molecule has 139 heavy (non-hydrogen) atoms. The first-order valence-electron chi connectivity index (χ1n) is 46.3. The highest BCUT2D eigenvalue weighted by Gasteiger charge is 2.55. The number of anilines is 5. The Morgan fingerprint density at radius 3 is 1.05 bits per heavy atom. The molecule has 8 aliphatic heterocycles. The molecule has 12 rings (SSSR count). The number of carbonyl (C=O) groups is 5. The summed E-state index contributed by atoms with van der Waals surface area (Å²) in [5, 5.41) is 67.1. The van der Waals surface area contributed by atoms with E-state index in [1.165, 1.54) is 24.3 Å². The van der Waals surface area contributed by atoms with E-state index in [0.29, 0.717) is 77.0 Å². The second kappa shape index (κ2) is 41.8. The van der Waals surface area contributed by atoms with Gasteiger partial charge in [-0.2, -0.15) is 37.5 Å². The Morgan fingerprint density at radius 2 is 0.755 bits per heavy atom. The minimum atomic E-state index is -4.65. The first-order chi connectivity index (χ1) is 63.7. The monoisotopic (exact) mass is 2050 g/mol. The van der Waals surface area contributed by atoms with Crippen LogP contribution in [0.2, 0.25) is 5.02 Å². The summed E-state index contributed by atoms with van der Waals surface area (Å²) in [6, 6.07) is 16.2. The lowest BCUT2D eigenvalue weighted by Crippen LogP contribution is -2.45. The van der Waals surface area contributed by atoms with Gasteiger partial charge in [0.15, 0.2) is 23.3 Å². The number of aliphatic hydroxyl groups is 4. The molecule has 8 heterocycles. The largest absolute Gasteiger partial charge is 0.509 e. The molecule has 8 aliphatic rings. The zero-order valence-electron chi connectivity index (χ0n) is 85.1. The van der Waals surface area contributed by atoms with Crippen molar-refractivity contribution < 1.29 is 102 Å². The average Bonchev–Trinajstić information content (AvgIpc) is 1.44. The quantitative estimate of drug-likeness (QED) is 0.0302. The van der Waals surface area contributed by atoms with Crippen molar-refractivity contribution in [3.05, 3.63) is 134 Å². The Labute approximate surface area is 820 Å². The molecule has 0 fully saturated rings. The van der Waals surface area contributed by atoms with Gasteiger partial charge in [0.25, 0.3) is 23.6 Å². The molecule has 0 saturated heterocycles. The molecule has 0 spiro atoms. The zero-order chi connectivity index (χ0) is 105. The number of fused-ring (bicyclic) bond motifs is 4. The highest BCUT2D eigenvalue weighted by molar-refractivity contribution is 7.92. The fourth-order valence-corrected chi connectivity index (χ4v) is 25.4. The molecule has 8 unspecified atom stereocenters. The Morgan fingerprint density at radius 1 is 0.468 bits per heavy atom. The first-order valence-corrected chi connectivity index (χ1v) is 54.9. The summed E-state index contributed by atoms with van der Waals surface area (Å²) < 4.78 is 159. The van der Waals surface area contributed by atoms with Crippen LogP contribution in [-0.2, 0) is 76.5 Å². The summed E-state index contributed by atoms with van der Waals surface area (Å²) in [5.74, 6) is -2.84. The molecule has 4 aromatic rings. The number of aliphatic hydroxyl groups excluding tert-OH is 4. The first kappa shape index (κ1) is 113. The van der Waals surface area contributed by atoms with Gasteiger partial charge in [0.2, 0.25) is 15.9 Å². The van der Waals surface area contributed by atoms with E-state index < -0.39 is 110 Å². The lowest BCUT2D eigenvalue weighted by molar-refractivity contribution is -0.137. The Hall–Kier alpha value is -9.45. The number of hydrogen-bond acceptors (Lipinski definition) is 24. The minimum absolute atomic E-state index is 0.00372. The minimum Gasteiger partial charge on any atom is -0.509 e. The molecule has 0 saturated carbocycles. The van der Waals surface area contributed by atoms with Crippen molar-refractivity contribution in [2.24, 2.45) is 62.9 Å². The molecule has 33 nitrogen and oxygen atoms in total. The Bertz CT molecular complexity index is 6130. The van der Waals surface area contributed by atoms with E-state index in [-0.39, 0.29) is 167 Å². The maximum Gasteiger partial charge on any atom is 0.416 e. The summed E-state index contributed by atoms with van der Waals surface area (Å²) in [6.07, 6.45) is -0.312. The Balaban J connectivity index is 0.000000208. The van der Waals surface area contributed by atoms with E-state index >= 15 is 0 Å². The molecule has 4 aromatic carbocycles. The maximum absolute atomic E-state index is 14.1. The molecule has 764 valence electrons. The fraction of sp³-hybridized carbons (Fsp3) is 0.567. The number of nitrogens with zero attached hydrogens (tertiary/aromatic N) is 10. The van der Waals surface area contributed by atoms with Crippen LogP contribution in [0.1, 0.15) is 237 Å². The molecule has 0 bridgehead atoms. The van der Waals surface area contributed by atoms with Crippen molar-refractivity contribution in [1.29, 1.82) is 5.26 Å². The lowest BCUT2D eigenvalue weighted by Gasteiger charge is -2.36. The smallest absolute Gasteiger partial charge is 0.416 e. The number of amidine groups is 4. The van der Waals surface area contributed by atoms with Crippen molar-refractivity contribution in [2.45, 2.75) is 256 Å². The van der Waals surface area contributed by atoms with E-state index in [1.807, 2.05) is 103 Å². The van der Waals surface area contributed by atoms with E-state index in [2.05, 4.69) is 103 Å². The van der Waals surface area contributed by atoms with Gasteiger partial charge in [-0.15, -0.1) is 0 Å². The van der Waals surface area contributed by atoms with Crippen LogP contribution in [0.25, 0.3) is 0 Å². The third-order valence-corrected chi connectivity index (χ3v) is 33.0. The highest BCUT2D eigenvalue weighted by Crippen LogP contribution is 2.58. The van der Waals surface area contributed by atoms with Gasteiger partial charge in [0, 0.05) is 38.1 Å². The van der Waals surface area contributed by atoms with Crippen molar-refractivity contribution in [1.82, 2.24) is 19.6 Å². The van der Waals surface area contributed by atoms with Crippen LogP contribution in [0, 0.1) is 55.2 Å². The molecular weight excluding hydrogens is 1910 g/mol. The highest BCUT2D eigenvalue weighted by atomic mass is 35.5. The van der Waals surface area contributed by atoms with Crippen molar-refractivity contribution >= 4 is 154 Å². The number of halogens is 4. The van der Waals surface area contributed by atoms with Gasteiger partial charge in [-0.05, 0) is 176 Å². The van der Waals surface area contributed by atoms with Crippen molar-refractivity contribution in [3.63, 3.8) is 0 Å². The fourth-order valence-electron chi connectivity index (χ4n) is 17.0. The number of benzene rings is 4. The van der Waals surface area contributed by atoms with E-state index in [9.17, 15) is 89.5 Å². The molecule has 42 heteroatoms. The maximum atomic E-state index is 14.1. The number of nitriles is 1. The molecule has 8 N–H and O–H groups in total. The van der Waals surface area contributed by atoms with Crippen molar-refractivity contribution in [3.8, 4) is 6.07 Å². The van der Waals surface area contributed by atoms with Crippen LogP contribution in [-0.4, -0.2) is 184 Å². The zero-order valence-corrected chi connectivity index (χ0v) is 90.3. The van der Waals surface area contributed by atoms with E-state index in [4.69, 9.17) is 29.7 Å². The van der Waals surface area contributed by atoms with Gasteiger partial charge < -0.3 is 79.4 Å². The van der Waals surface area contributed by atoms with Crippen LogP contribution in [0.5, 0.6) is 0 Å². The van der Waals surface area contributed by atoms with Gasteiger partial charge >= 0.3 is 36.3 Å². The van der Waals surface area contributed by atoms with Crippen LogP contribution in [0.15, 0.2) is 137 Å². The number of amides is 5. The van der Waals surface area contributed by atoms with Gasteiger partial charge in [-0.25, -0.2) is 12.7 Å². The van der Waals surface area contributed by atoms with Crippen LogP contribution >= 0.6 is 41.7 Å². The molecule has 0 radical (unpaired) electrons. The molecule has 0 aromatic heterocycles. The van der Waals surface area contributed by atoms with E-state index in [1.54, 1.807) is 77.6 Å². The van der Waals surface area contributed by atoms with Crippen LogP contribution in [0.4, 0.5) is 41.6 Å². The predicted molar refractivity (Wildman–Crippen MR) is 543 cm³/mol. The summed E-state index contributed by atoms with van der Waals surface area (Å²) in [4.78, 5) is 73.1. The van der Waals surface area contributed by atoms with Crippen LogP contribution < -0.4 is 46.8 Å². The number of rotatable bonds is 24. The average molecular weight is 2050 g/mol. The molecule has 8 atom stereocenters. The van der Waals surface area contributed by atoms with Crippen LogP contribution in [0.3, 0.4) is 0 Å². The lowest BCUT2D eigenvalue weighted by atomic mass is 9.84. The second-order valence-corrected chi connectivity index (χ2v) is 53.9. The topological polar surface area (TPSA) is 443 Å². The Kier molecular flexibility index (Phi) is 34.1. The summed E-state index contributed by atoms with van der Waals surface area (Å²) in [5.41, 5.74) is -1.04. The third kappa shape index (κ3) is 25.8.